The van der Waals surface area contributed by atoms with Crippen molar-refractivity contribution in [2.24, 2.45) is 5.92 Å². The van der Waals surface area contributed by atoms with Crippen LogP contribution >= 0.6 is 12.2 Å². The summed E-state index contributed by atoms with van der Waals surface area (Å²) in [4.78, 5) is 14.6. The van der Waals surface area contributed by atoms with Gasteiger partial charge in [-0.3, -0.25) is 4.79 Å². The molecular formula is C22H27N3OS. The van der Waals surface area contributed by atoms with Crippen molar-refractivity contribution >= 4 is 34.6 Å². The second-order valence-electron chi connectivity index (χ2n) is 7.32. The lowest BCUT2D eigenvalue weighted by Crippen LogP contribution is -2.43. The number of benzene rings is 2. The Morgan fingerprint density at radius 3 is 2.15 bits per heavy atom. The number of rotatable bonds is 4. The molecule has 3 rings (SSSR count). The molecule has 0 atom stereocenters. The number of anilines is 2. The van der Waals surface area contributed by atoms with Gasteiger partial charge in [0.15, 0.2) is 5.11 Å². The second-order valence-corrected chi connectivity index (χ2v) is 7.71. The van der Waals surface area contributed by atoms with Gasteiger partial charge in [-0.15, -0.1) is 0 Å². The fourth-order valence-electron chi connectivity index (χ4n) is 3.26. The van der Waals surface area contributed by atoms with E-state index in [0.717, 1.165) is 42.4 Å². The highest BCUT2D eigenvalue weighted by molar-refractivity contribution is 7.80. The zero-order valence-electron chi connectivity index (χ0n) is 15.9. The molecule has 0 unspecified atom stereocenters. The molecule has 0 bridgehead atoms. The second kappa shape index (κ2) is 9.00. The van der Waals surface area contributed by atoms with Gasteiger partial charge in [0.2, 0.25) is 5.91 Å². The predicted molar refractivity (Wildman–Crippen MR) is 116 cm³/mol. The lowest BCUT2D eigenvalue weighted by molar-refractivity contribution is -0.120. The summed E-state index contributed by atoms with van der Waals surface area (Å²) < 4.78 is 0. The van der Waals surface area contributed by atoms with Crippen LogP contribution in [0.5, 0.6) is 0 Å². The number of piperidine rings is 1. The molecule has 1 aliphatic rings. The largest absolute Gasteiger partial charge is 0.349 e. The number of hydrogen-bond donors (Lipinski definition) is 2. The van der Waals surface area contributed by atoms with E-state index in [1.807, 2.05) is 30.3 Å². The minimum Gasteiger partial charge on any atom is -0.349 e. The van der Waals surface area contributed by atoms with Crippen LogP contribution in [0, 0.1) is 5.92 Å². The maximum absolute atomic E-state index is 12.4. The minimum atomic E-state index is 0.0366. The van der Waals surface area contributed by atoms with E-state index in [9.17, 15) is 4.79 Å². The number of thiocarbonyl (C=S) groups is 1. The topological polar surface area (TPSA) is 44.4 Å². The number of carbonyl (C=O) groups is 1. The van der Waals surface area contributed by atoms with E-state index in [1.165, 1.54) is 5.56 Å². The Kier molecular flexibility index (Phi) is 6.45. The third-order valence-corrected chi connectivity index (χ3v) is 5.38. The lowest BCUT2D eigenvalue weighted by Gasteiger charge is -2.33. The van der Waals surface area contributed by atoms with E-state index in [-0.39, 0.29) is 11.8 Å². The molecule has 142 valence electrons. The van der Waals surface area contributed by atoms with E-state index in [2.05, 4.69) is 53.6 Å². The summed E-state index contributed by atoms with van der Waals surface area (Å²) in [7, 11) is 0. The zero-order chi connectivity index (χ0) is 19.2. The Morgan fingerprint density at radius 2 is 1.56 bits per heavy atom. The van der Waals surface area contributed by atoms with E-state index in [0.29, 0.717) is 5.92 Å². The molecule has 1 saturated heterocycles. The third-order valence-electron chi connectivity index (χ3n) is 5.02. The Hall–Kier alpha value is -2.40. The van der Waals surface area contributed by atoms with Crippen molar-refractivity contribution in [2.75, 3.05) is 23.7 Å². The van der Waals surface area contributed by atoms with Gasteiger partial charge in [0, 0.05) is 30.4 Å². The van der Waals surface area contributed by atoms with Gasteiger partial charge in [-0.1, -0.05) is 44.2 Å². The van der Waals surface area contributed by atoms with Crippen molar-refractivity contribution < 1.29 is 4.79 Å². The van der Waals surface area contributed by atoms with Crippen molar-refractivity contribution in [3.05, 3.63) is 60.2 Å². The van der Waals surface area contributed by atoms with Crippen molar-refractivity contribution in [2.45, 2.75) is 32.6 Å². The SMILES string of the molecule is CC(C)c1ccc(NC(=S)N2CCC(C(=O)Nc3ccccc3)CC2)cc1. The molecule has 4 nitrogen and oxygen atoms in total. The van der Waals surface area contributed by atoms with Crippen molar-refractivity contribution in [1.82, 2.24) is 4.90 Å². The van der Waals surface area contributed by atoms with Crippen LogP contribution in [0.15, 0.2) is 54.6 Å². The van der Waals surface area contributed by atoms with Crippen LogP contribution in [-0.4, -0.2) is 29.0 Å². The molecule has 1 heterocycles. The van der Waals surface area contributed by atoms with Crippen LogP contribution < -0.4 is 10.6 Å². The molecule has 1 aliphatic heterocycles. The van der Waals surface area contributed by atoms with Crippen LogP contribution in [-0.2, 0) is 4.79 Å². The fourth-order valence-corrected chi connectivity index (χ4v) is 3.56. The molecule has 0 aliphatic carbocycles. The molecule has 0 saturated carbocycles. The molecule has 2 aromatic carbocycles. The molecule has 0 spiro atoms. The summed E-state index contributed by atoms with van der Waals surface area (Å²) >= 11 is 5.56. The summed E-state index contributed by atoms with van der Waals surface area (Å²) in [6.07, 6.45) is 1.62. The first-order chi connectivity index (χ1) is 13.0. The fraction of sp³-hybridized carbons (Fsp3) is 0.364. The third kappa shape index (κ3) is 5.30. The monoisotopic (exact) mass is 381 g/mol. The number of amides is 1. The van der Waals surface area contributed by atoms with Gasteiger partial charge in [-0.25, -0.2) is 0 Å². The van der Waals surface area contributed by atoms with E-state index < -0.39 is 0 Å². The molecule has 0 aromatic heterocycles. The van der Waals surface area contributed by atoms with Crippen LogP contribution in [0.25, 0.3) is 0 Å². The van der Waals surface area contributed by atoms with Crippen molar-refractivity contribution in [3.63, 3.8) is 0 Å². The minimum absolute atomic E-state index is 0.0366. The van der Waals surface area contributed by atoms with Gasteiger partial charge >= 0.3 is 0 Å². The predicted octanol–water partition coefficient (Wildman–Crippen LogP) is 4.86. The molecule has 5 heteroatoms. The van der Waals surface area contributed by atoms with Gasteiger partial charge in [0.25, 0.3) is 0 Å². The molecular weight excluding hydrogens is 354 g/mol. The van der Waals surface area contributed by atoms with Crippen LogP contribution in [0.1, 0.15) is 38.2 Å². The Balaban J connectivity index is 1.48. The number of nitrogens with one attached hydrogen (secondary N) is 2. The molecule has 0 radical (unpaired) electrons. The number of likely N-dealkylation sites (tertiary alicyclic amines) is 1. The van der Waals surface area contributed by atoms with E-state index in [4.69, 9.17) is 12.2 Å². The standard InChI is InChI=1S/C22H27N3OS/c1-16(2)17-8-10-20(11-9-17)24-22(27)25-14-12-18(13-15-25)21(26)23-19-6-4-3-5-7-19/h3-11,16,18H,12-15H2,1-2H3,(H,23,26)(H,24,27). The number of para-hydroxylation sites is 1. The summed E-state index contributed by atoms with van der Waals surface area (Å²) in [5.74, 6) is 0.658. The average molecular weight is 382 g/mol. The first-order valence-electron chi connectivity index (χ1n) is 9.54. The zero-order valence-corrected chi connectivity index (χ0v) is 16.8. The lowest BCUT2D eigenvalue weighted by atomic mass is 9.96. The summed E-state index contributed by atoms with van der Waals surface area (Å²) in [5.41, 5.74) is 3.18. The van der Waals surface area contributed by atoms with E-state index >= 15 is 0 Å². The highest BCUT2D eigenvalue weighted by Crippen LogP contribution is 2.21. The maximum atomic E-state index is 12.4. The Bertz CT molecular complexity index is 766. The molecule has 27 heavy (non-hydrogen) atoms. The molecule has 2 aromatic rings. The Labute approximate surface area is 167 Å². The molecule has 2 N–H and O–H groups in total. The van der Waals surface area contributed by atoms with Crippen LogP contribution in [0.3, 0.4) is 0 Å². The van der Waals surface area contributed by atoms with Gasteiger partial charge in [-0.05, 0) is 60.8 Å². The van der Waals surface area contributed by atoms with Gasteiger partial charge in [-0.2, -0.15) is 0 Å². The molecule has 1 amide bonds. The van der Waals surface area contributed by atoms with Crippen molar-refractivity contribution in [1.29, 1.82) is 0 Å². The van der Waals surface area contributed by atoms with E-state index in [1.54, 1.807) is 0 Å². The summed E-state index contributed by atoms with van der Waals surface area (Å²) in [5, 5.41) is 7.05. The quantitative estimate of drug-likeness (QED) is 0.743. The summed E-state index contributed by atoms with van der Waals surface area (Å²) in [6.45, 7) is 5.96. The first-order valence-corrected chi connectivity index (χ1v) is 9.95. The van der Waals surface area contributed by atoms with Crippen molar-refractivity contribution in [3.8, 4) is 0 Å². The average Bonchev–Trinajstić information content (AvgIpc) is 2.69. The highest BCUT2D eigenvalue weighted by atomic mass is 32.1. The Morgan fingerprint density at radius 1 is 0.963 bits per heavy atom. The van der Waals surface area contributed by atoms with Gasteiger partial charge in [0.1, 0.15) is 0 Å². The van der Waals surface area contributed by atoms with Crippen LogP contribution in [0.2, 0.25) is 0 Å². The molecule has 1 fully saturated rings. The highest BCUT2D eigenvalue weighted by Gasteiger charge is 2.26. The number of carbonyl (C=O) groups excluding carboxylic acids is 1. The normalized spacial score (nSPS) is 14.9. The van der Waals surface area contributed by atoms with Gasteiger partial charge in [0.05, 0.1) is 0 Å². The van der Waals surface area contributed by atoms with Gasteiger partial charge < -0.3 is 15.5 Å². The number of nitrogens with zero attached hydrogens (tertiary/aromatic N) is 1. The van der Waals surface area contributed by atoms with Crippen LogP contribution in [0.4, 0.5) is 11.4 Å². The number of hydrogen-bond acceptors (Lipinski definition) is 2. The smallest absolute Gasteiger partial charge is 0.227 e. The summed E-state index contributed by atoms with van der Waals surface area (Å²) in [6, 6.07) is 18.0. The maximum Gasteiger partial charge on any atom is 0.227 e. The first kappa shape index (κ1) is 19.4.